The van der Waals surface area contributed by atoms with E-state index in [-0.39, 0.29) is 0 Å². The van der Waals surface area contributed by atoms with Gasteiger partial charge in [0.25, 0.3) is 0 Å². The molecule has 98 valence electrons. The van der Waals surface area contributed by atoms with Crippen LogP contribution in [0.1, 0.15) is 31.2 Å². The summed E-state index contributed by atoms with van der Waals surface area (Å²) < 4.78 is 0. The Bertz CT molecular complexity index is 430. The second kappa shape index (κ2) is 4.75. The third-order valence-corrected chi connectivity index (χ3v) is 4.81. The first-order valence-electron chi connectivity index (χ1n) is 6.90. The van der Waals surface area contributed by atoms with Crippen LogP contribution in [0.25, 0.3) is 0 Å². The van der Waals surface area contributed by atoms with Gasteiger partial charge in [-0.05, 0) is 74.9 Å². The molecule has 1 aliphatic carbocycles. The molecule has 1 aliphatic heterocycles. The Kier molecular flexibility index (Phi) is 3.25. The molecule has 2 fully saturated rings. The van der Waals surface area contributed by atoms with Crippen LogP contribution in [-0.2, 0) is 0 Å². The number of benzene rings is 1. The Morgan fingerprint density at radius 1 is 1.28 bits per heavy atom. The molecule has 0 bridgehead atoms. The second-order valence-corrected chi connectivity index (χ2v) is 6.40. The zero-order valence-electron chi connectivity index (χ0n) is 10.9. The second-order valence-electron chi connectivity index (χ2n) is 5.96. The van der Waals surface area contributed by atoms with E-state index in [1.54, 1.807) is 0 Å². The summed E-state index contributed by atoms with van der Waals surface area (Å²) >= 11 is 5.98. The summed E-state index contributed by atoms with van der Waals surface area (Å²) in [5, 5.41) is 7.94. The normalized spacial score (nSPS) is 22.8. The van der Waals surface area contributed by atoms with Crippen LogP contribution >= 0.6 is 11.6 Å². The molecule has 1 saturated carbocycles. The predicted molar refractivity (Wildman–Crippen MR) is 77.4 cm³/mol. The van der Waals surface area contributed by atoms with E-state index in [0.717, 1.165) is 5.02 Å². The highest BCUT2D eigenvalue weighted by atomic mass is 35.5. The van der Waals surface area contributed by atoms with Crippen LogP contribution in [0.4, 0.5) is 5.69 Å². The van der Waals surface area contributed by atoms with Gasteiger partial charge in [0.1, 0.15) is 0 Å². The van der Waals surface area contributed by atoms with E-state index < -0.39 is 0 Å². The summed E-state index contributed by atoms with van der Waals surface area (Å²) in [5.74, 6) is 0. The number of hydrogen-bond acceptors (Lipinski definition) is 2. The van der Waals surface area contributed by atoms with Crippen molar-refractivity contribution in [1.82, 2.24) is 5.32 Å². The van der Waals surface area contributed by atoms with E-state index >= 15 is 0 Å². The maximum absolute atomic E-state index is 5.98. The molecule has 0 amide bonds. The summed E-state index contributed by atoms with van der Waals surface area (Å²) in [6, 6.07) is 6.76. The summed E-state index contributed by atoms with van der Waals surface area (Å²) in [6.07, 6.45) is 5.36. The van der Waals surface area contributed by atoms with E-state index in [2.05, 4.69) is 23.6 Å². The van der Waals surface area contributed by atoms with Gasteiger partial charge in [0.15, 0.2) is 0 Å². The lowest BCUT2D eigenvalue weighted by molar-refractivity contribution is 0.0718. The first kappa shape index (κ1) is 12.3. The molecule has 18 heavy (non-hydrogen) atoms. The molecule has 2 nitrogen and oxygen atoms in total. The quantitative estimate of drug-likeness (QED) is 0.853. The number of anilines is 1. The van der Waals surface area contributed by atoms with Crippen molar-refractivity contribution in [3.05, 3.63) is 28.8 Å². The minimum Gasteiger partial charge on any atom is -0.382 e. The van der Waals surface area contributed by atoms with Gasteiger partial charge in [0, 0.05) is 16.8 Å². The lowest BCUT2D eigenvalue weighted by Gasteiger charge is -2.51. The number of rotatable bonds is 2. The van der Waals surface area contributed by atoms with Gasteiger partial charge in [-0.15, -0.1) is 0 Å². The molecule has 1 heterocycles. The summed E-state index contributed by atoms with van der Waals surface area (Å²) in [4.78, 5) is 0. The summed E-state index contributed by atoms with van der Waals surface area (Å²) in [7, 11) is 0. The molecule has 1 spiro atoms. The van der Waals surface area contributed by atoms with Crippen molar-refractivity contribution in [1.29, 1.82) is 0 Å². The smallest absolute Gasteiger partial charge is 0.0410 e. The summed E-state index contributed by atoms with van der Waals surface area (Å²) in [5.41, 5.74) is 3.13. The molecular weight excluding hydrogens is 244 g/mol. The molecule has 0 atom stereocenters. The van der Waals surface area contributed by atoms with Gasteiger partial charge in [0.05, 0.1) is 0 Å². The van der Waals surface area contributed by atoms with Crippen molar-refractivity contribution in [2.75, 3.05) is 18.4 Å². The fourth-order valence-corrected chi connectivity index (χ4v) is 3.69. The third kappa shape index (κ3) is 2.36. The van der Waals surface area contributed by atoms with Crippen LogP contribution in [-0.4, -0.2) is 19.1 Å². The Balaban J connectivity index is 1.59. The van der Waals surface area contributed by atoms with Crippen molar-refractivity contribution in [2.45, 2.75) is 38.6 Å². The molecule has 3 heteroatoms. The largest absolute Gasteiger partial charge is 0.382 e. The zero-order chi connectivity index (χ0) is 12.6. The monoisotopic (exact) mass is 264 g/mol. The van der Waals surface area contributed by atoms with Gasteiger partial charge in [-0.25, -0.2) is 0 Å². The van der Waals surface area contributed by atoms with E-state index in [1.807, 2.05) is 12.1 Å². The van der Waals surface area contributed by atoms with Crippen molar-refractivity contribution >= 4 is 17.3 Å². The fraction of sp³-hybridized carbons (Fsp3) is 0.600. The Labute approximate surface area is 114 Å². The highest BCUT2D eigenvalue weighted by Crippen LogP contribution is 2.48. The standard InChI is InChI=1S/C15H21ClN2/c1-11-8-12(16)2-3-14(11)18-13-9-15(10-13)4-6-17-7-5-15/h2-3,8,13,17-18H,4-7,9-10H2,1H3. The van der Waals surface area contributed by atoms with Gasteiger partial charge in [-0.1, -0.05) is 11.6 Å². The SMILES string of the molecule is Cc1cc(Cl)ccc1NC1CC2(CCNCC2)C1. The molecular formula is C15H21ClN2. The average Bonchev–Trinajstić information content (AvgIpc) is 2.32. The number of halogens is 1. The Morgan fingerprint density at radius 2 is 2.00 bits per heavy atom. The molecule has 0 unspecified atom stereocenters. The number of aryl methyl sites for hydroxylation is 1. The van der Waals surface area contributed by atoms with Crippen molar-refractivity contribution in [3.63, 3.8) is 0 Å². The number of piperidine rings is 1. The molecule has 1 saturated heterocycles. The van der Waals surface area contributed by atoms with Crippen molar-refractivity contribution in [2.24, 2.45) is 5.41 Å². The highest BCUT2D eigenvalue weighted by Gasteiger charge is 2.44. The van der Waals surface area contributed by atoms with Gasteiger partial charge >= 0.3 is 0 Å². The average molecular weight is 265 g/mol. The van der Waals surface area contributed by atoms with Crippen LogP contribution < -0.4 is 10.6 Å². The Morgan fingerprint density at radius 3 is 2.67 bits per heavy atom. The number of hydrogen-bond donors (Lipinski definition) is 2. The van der Waals surface area contributed by atoms with Crippen LogP contribution in [0, 0.1) is 12.3 Å². The minimum atomic E-state index is 0.642. The lowest BCUT2D eigenvalue weighted by Crippen LogP contribution is -2.50. The third-order valence-electron chi connectivity index (χ3n) is 4.57. The van der Waals surface area contributed by atoms with Crippen LogP contribution in [0.15, 0.2) is 18.2 Å². The topological polar surface area (TPSA) is 24.1 Å². The number of nitrogens with one attached hydrogen (secondary N) is 2. The van der Waals surface area contributed by atoms with Crippen molar-refractivity contribution in [3.8, 4) is 0 Å². The summed E-state index contributed by atoms with van der Waals surface area (Å²) in [6.45, 7) is 4.52. The Hall–Kier alpha value is -0.730. The van der Waals surface area contributed by atoms with E-state index in [4.69, 9.17) is 11.6 Å². The van der Waals surface area contributed by atoms with E-state index in [0.29, 0.717) is 11.5 Å². The van der Waals surface area contributed by atoms with Gasteiger partial charge in [-0.2, -0.15) is 0 Å². The maximum atomic E-state index is 5.98. The maximum Gasteiger partial charge on any atom is 0.0410 e. The molecule has 2 N–H and O–H groups in total. The first-order chi connectivity index (χ1) is 8.67. The van der Waals surface area contributed by atoms with Crippen LogP contribution in [0.5, 0.6) is 0 Å². The molecule has 0 aromatic heterocycles. The van der Waals surface area contributed by atoms with Gasteiger partial charge in [0.2, 0.25) is 0 Å². The predicted octanol–water partition coefficient (Wildman–Crippen LogP) is 3.59. The molecule has 1 aromatic rings. The van der Waals surface area contributed by atoms with E-state index in [9.17, 15) is 0 Å². The molecule has 0 radical (unpaired) electrons. The van der Waals surface area contributed by atoms with Crippen LogP contribution in [0.2, 0.25) is 5.02 Å². The molecule has 3 rings (SSSR count). The van der Waals surface area contributed by atoms with Crippen LogP contribution in [0.3, 0.4) is 0 Å². The van der Waals surface area contributed by atoms with Gasteiger partial charge < -0.3 is 10.6 Å². The van der Waals surface area contributed by atoms with Gasteiger partial charge in [-0.3, -0.25) is 0 Å². The molecule has 1 aromatic carbocycles. The molecule has 2 aliphatic rings. The highest BCUT2D eigenvalue weighted by molar-refractivity contribution is 6.30. The minimum absolute atomic E-state index is 0.642. The first-order valence-corrected chi connectivity index (χ1v) is 7.28. The fourth-order valence-electron chi connectivity index (χ4n) is 3.46. The van der Waals surface area contributed by atoms with Crippen molar-refractivity contribution < 1.29 is 0 Å². The zero-order valence-corrected chi connectivity index (χ0v) is 11.7. The lowest BCUT2D eigenvalue weighted by atomic mass is 9.60. The van der Waals surface area contributed by atoms with E-state index in [1.165, 1.54) is 50.0 Å².